The number of hydrogen-bond donors (Lipinski definition) is 1. The number of rotatable bonds is 9. The van der Waals surface area contributed by atoms with Gasteiger partial charge in [0.05, 0.1) is 30.7 Å². The number of aliphatic hydroxyl groups is 1. The molecule has 1 spiro atoms. The molecule has 47 heavy (non-hydrogen) atoms. The van der Waals surface area contributed by atoms with Gasteiger partial charge in [0.2, 0.25) is 17.7 Å². The van der Waals surface area contributed by atoms with E-state index in [1.807, 2.05) is 69.3 Å². The Kier molecular flexibility index (Phi) is 10.9. The zero-order valence-corrected chi connectivity index (χ0v) is 28.4. The van der Waals surface area contributed by atoms with Gasteiger partial charge < -0.3 is 29.3 Å². The average Bonchev–Trinajstić information content (AvgIpc) is 3.45. The molecule has 3 amide bonds. The third-order valence-electron chi connectivity index (χ3n) is 10.3. The SMILES string of the molecule is CCCCCN1CC=C[C@@]23O[C@H]4/C=C\CCC(=O)N(C)[C@@H](C)[C@H](c5ccccc5)OC(=O)[C@H]4[C@@H]2C(=O)N([C@@H](CO)CC(C)C)[C@H]3C1=O. The molecule has 2 fully saturated rings. The molecule has 5 rings (SSSR count). The Hall–Kier alpha value is -3.50. The van der Waals surface area contributed by atoms with Gasteiger partial charge in [-0.2, -0.15) is 0 Å². The van der Waals surface area contributed by atoms with Crippen LogP contribution in [0.3, 0.4) is 0 Å². The number of likely N-dealkylation sites (tertiary alicyclic amines) is 1. The van der Waals surface area contributed by atoms with Gasteiger partial charge in [0.25, 0.3) is 0 Å². The lowest BCUT2D eigenvalue weighted by atomic mass is 9.77. The Balaban J connectivity index is 1.61. The van der Waals surface area contributed by atoms with Crippen LogP contribution >= 0.6 is 0 Å². The van der Waals surface area contributed by atoms with Crippen LogP contribution in [0.5, 0.6) is 0 Å². The summed E-state index contributed by atoms with van der Waals surface area (Å²) in [6, 6.07) is 7.14. The summed E-state index contributed by atoms with van der Waals surface area (Å²) in [5, 5.41) is 10.6. The van der Waals surface area contributed by atoms with E-state index in [0.717, 1.165) is 24.8 Å². The van der Waals surface area contributed by atoms with E-state index < -0.39 is 53.7 Å². The number of nitrogens with zero attached hydrogens (tertiary/aromatic N) is 3. The van der Waals surface area contributed by atoms with Gasteiger partial charge in [-0.25, -0.2) is 0 Å². The summed E-state index contributed by atoms with van der Waals surface area (Å²) in [7, 11) is 1.71. The van der Waals surface area contributed by atoms with Crippen LogP contribution in [-0.2, 0) is 28.7 Å². The van der Waals surface area contributed by atoms with E-state index in [4.69, 9.17) is 9.47 Å². The largest absolute Gasteiger partial charge is 0.455 e. The molecule has 1 aromatic carbocycles. The number of likely N-dealkylation sites (N-methyl/N-ethyl adjacent to an activating group) is 1. The predicted octanol–water partition coefficient (Wildman–Crippen LogP) is 4.04. The number of ether oxygens (including phenoxy) is 2. The second-order valence-electron chi connectivity index (χ2n) is 13.9. The van der Waals surface area contributed by atoms with Crippen LogP contribution in [0, 0.1) is 17.8 Å². The third kappa shape index (κ3) is 6.64. The molecule has 8 atom stereocenters. The summed E-state index contributed by atoms with van der Waals surface area (Å²) >= 11 is 0. The lowest BCUT2D eigenvalue weighted by Crippen LogP contribution is -2.58. The van der Waals surface area contributed by atoms with Gasteiger partial charge in [-0.05, 0) is 37.7 Å². The Morgan fingerprint density at radius 3 is 2.47 bits per heavy atom. The van der Waals surface area contributed by atoms with Gasteiger partial charge in [-0.1, -0.05) is 88.2 Å². The molecule has 0 aliphatic carbocycles. The van der Waals surface area contributed by atoms with E-state index in [1.54, 1.807) is 22.9 Å². The topological polar surface area (TPSA) is 117 Å². The normalized spacial score (nSPS) is 32.7. The Morgan fingerprint density at radius 2 is 1.79 bits per heavy atom. The lowest BCUT2D eigenvalue weighted by Gasteiger charge is -2.39. The molecule has 10 heteroatoms. The van der Waals surface area contributed by atoms with E-state index in [0.29, 0.717) is 25.9 Å². The number of esters is 1. The first kappa shape index (κ1) is 34.8. The first-order chi connectivity index (χ1) is 22.5. The molecule has 10 nitrogen and oxygen atoms in total. The minimum absolute atomic E-state index is 0.0781. The molecule has 4 aliphatic heterocycles. The molecule has 0 saturated carbocycles. The smallest absolute Gasteiger partial charge is 0.313 e. The maximum atomic E-state index is 14.8. The number of aliphatic hydroxyl groups excluding tert-OH is 1. The molecular weight excluding hydrogens is 598 g/mol. The highest BCUT2D eigenvalue weighted by atomic mass is 16.6. The van der Waals surface area contributed by atoms with Crippen molar-refractivity contribution in [1.29, 1.82) is 0 Å². The van der Waals surface area contributed by atoms with Crippen molar-refractivity contribution in [3.8, 4) is 0 Å². The van der Waals surface area contributed by atoms with E-state index in [1.165, 1.54) is 4.90 Å². The summed E-state index contributed by atoms with van der Waals surface area (Å²) in [6.45, 7) is 8.57. The van der Waals surface area contributed by atoms with Gasteiger partial charge in [-0.15, -0.1) is 0 Å². The van der Waals surface area contributed by atoms with Gasteiger partial charge >= 0.3 is 5.97 Å². The number of cyclic esters (lactones) is 1. The molecule has 1 N–H and O–H groups in total. The summed E-state index contributed by atoms with van der Waals surface area (Å²) in [6.07, 6.45) is 9.59. The van der Waals surface area contributed by atoms with Crippen LogP contribution in [0.4, 0.5) is 0 Å². The van der Waals surface area contributed by atoms with Crippen molar-refractivity contribution in [2.45, 2.75) is 102 Å². The van der Waals surface area contributed by atoms with Gasteiger partial charge in [0.15, 0.2) is 0 Å². The molecule has 0 unspecified atom stereocenters. The van der Waals surface area contributed by atoms with E-state index >= 15 is 0 Å². The molecule has 0 bridgehead atoms. The molecular formula is C37H51N3O7. The fourth-order valence-electron chi connectivity index (χ4n) is 7.84. The number of unbranched alkanes of at least 4 members (excludes halogenated alkanes) is 2. The number of hydrogen-bond acceptors (Lipinski definition) is 7. The van der Waals surface area contributed by atoms with Gasteiger partial charge in [0, 0.05) is 26.6 Å². The molecule has 0 radical (unpaired) electrons. The zero-order valence-electron chi connectivity index (χ0n) is 28.4. The number of carbonyl (C=O) groups is 4. The summed E-state index contributed by atoms with van der Waals surface area (Å²) in [4.78, 5) is 61.9. The monoisotopic (exact) mass is 649 g/mol. The van der Waals surface area contributed by atoms with E-state index in [2.05, 4.69) is 6.92 Å². The van der Waals surface area contributed by atoms with Crippen LogP contribution in [0.25, 0.3) is 0 Å². The van der Waals surface area contributed by atoms with E-state index in [9.17, 15) is 24.3 Å². The quantitative estimate of drug-likeness (QED) is 0.244. The first-order valence-electron chi connectivity index (χ1n) is 17.3. The van der Waals surface area contributed by atoms with Crippen molar-refractivity contribution in [2.75, 3.05) is 26.7 Å². The Bertz CT molecular complexity index is 1360. The van der Waals surface area contributed by atoms with Crippen molar-refractivity contribution in [3.63, 3.8) is 0 Å². The average molecular weight is 650 g/mol. The van der Waals surface area contributed by atoms with Gasteiger partial charge in [-0.3, -0.25) is 19.2 Å². The summed E-state index contributed by atoms with van der Waals surface area (Å²) in [5.41, 5.74) is -0.704. The highest BCUT2D eigenvalue weighted by molar-refractivity contribution is 5.99. The number of allylic oxidation sites excluding steroid dienone is 1. The van der Waals surface area contributed by atoms with Crippen LogP contribution < -0.4 is 0 Å². The maximum absolute atomic E-state index is 14.8. The highest BCUT2D eigenvalue weighted by Crippen LogP contribution is 2.54. The van der Waals surface area contributed by atoms with Crippen molar-refractivity contribution < 1.29 is 33.8 Å². The number of amides is 3. The number of carbonyl (C=O) groups excluding carboxylic acids is 4. The number of fused-ring (bicyclic) bond motifs is 2. The van der Waals surface area contributed by atoms with Crippen LogP contribution in [0.2, 0.25) is 0 Å². The number of benzene rings is 1. The van der Waals surface area contributed by atoms with Crippen molar-refractivity contribution in [3.05, 3.63) is 60.2 Å². The fraction of sp³-hybridized carbons (Fsp3) is 0.622. The van der Waals surface area contributed by atoms with E-state index in [-0.39, 0.29) is 36.7 Å². The lowest BCUT2D eigenvalue weighted by molar-refractivity contribution is -0.164. The molecule has 0 aromatic heterocycles. The van der Waals surface area contributed by atoms with Gasteiger partial charge in [0.1, 0.15) is 23.7 Å². The third-order valence-corrected chi connectivity index (χ3v) is 10.3. The first-order valence-corrected chi connectivity index (χ1v) is 17.3. The van der Waals surface area contributed by atoms with Crippen molar-refractivity contribution in [1.82, 2.24) is 14.7 Å². The predicted molar refractivity (Wildman–Crippen MR) is 177 cm³/mol. The van der Waals surface area contributed by atoms with Crippen molar-refractivity contribution in [2.24, 2.45) is 17.8 Å². The molecule has 4 heterocycles. The molecule has 1 aromatic rings. The van der Waals surface area contributed by atoms with Crippen LogP contribution in [0.15, 0.2) is 54.6 Å². The minimum atomic E-state index is -1.43. The fourth-order valence-corrected chi connectivity index (χ4v) is 7.84. The highest BCUT2D eigenvalue weighted by Gasteiger charge is 2.72. The second kappa shape index (κ2) is 14.7. The Morgan fingerprint density at radius 1 is 1.04 bits per heavy atom. The molecule has 4 aliphatic rings. The zero-order chi connectivity index (χ0) is 33.9. The minimum Gasteiger partial charge on any atom is -0.455 e. The standard InChI is InChI=1S/C37H51N3O7/c1-6-7-13-20-39-21-14-19-37-31(34(43)40(33(37)35(39)44)27(23-41)22-24(2)3)30-28(47-37)17-11-12-18-29(42)38(5)25(4)32(46-36(30)45)26-15-9-8-10-16-26/h8-11,14-17,19,24-25,27-28,30-33,41H,6-7,12-13,18,20-23H2,1-5H3/b17-11-/t25-,27+,28-,30+,31+,32+,33-,37+/m0/s1. The molecule has 2 saturated heterocycles. The van der Waals surface area contributed by atoms with Crippen LogP contribution in [0.1, 0.15) is 77.9 Å². The molecule has 256 valence electrons. The summed E-state index contributed by atoms with van der Waals surface area (Å²) in [5.74, 6) is -3.26. The maximum Gasteiger partial charge on any atom is 0.313 e. The van der Waals surface area contributed by atoms with Crippen molar-refractivity contribution >= 4 is 23.7 Å². The van der Waals surface area contributed by atoms with Crippen LogP contribution in [-0.4, -0.2) is 100 Å². The summed E-state index contributed by atoms with van der Waals surface area (Å²) < 4.78 is 13.2. The second-order valence-corrected chi connectivity index (χ2v) is 13.9. The Labute approximate surface area is 278 Å².